The first-order valence-corrected chi connectivity index (χ1v) is 7.28. The first-order chi connectivity index (χ1) is 9.91. The maximum absolute atomic E-state index is 12.1. The van der Waals surface area contributed by atoms with Gasteiger partial charge in [-0.25, -0.2) is 0 Å². The molecule has 1 saturated heterocycles. The highest BCUT2D eigenvalue weighted by molar-refractivity contribution is 6.30. The molecule has 21 heavy (non-hydrogen) atoms. The number of amides is 2. The number of hydrogen-bond donors (Lipinski definition) is 2. The third-order valence-corrected chi connectivity index (χ3v) is 3.96. The Kier molecular flexibility index (Phi) is 4.85. The van der Waals surface area contributed by atoms with Gasteiger partial charge in [0.25, 0.3) is 0 Å². The van der Waals surface area contributed by atoms with E-state index in [0.29, 0.717) is 17.2 Å². The van der Waals surface area contributed by atoms with Crippen LogP contribution in [0.1, 0.15) is 31.7 Å². The van der Waals surface area contributed by atoms with Crippen LogP contribution >= 0.6 is 11.6 Å². The summed E-state index contributed by atoms with van der Waals surface area (Å²) < 4.78 is 5.43. The van der Waals surface area contributed by atoms with Gasteiger partial charge in [0.1, 0.15) is 5.54 Å². The lowest BCUT2D eigenvalue weighted by atomic mass is 9.91. The molecule has 2 atom stereocenters. The van der Waals surface area contributed by atoms with Crippen LogP contribution in [0.25, 0.3) is 0 Å². The van der Waals surface area contributed by atoms with E-state index in [1.165, 1.54) is 0 Å². The second-order valence-electron chi connectivity index (χ2n) is 5.39. The van der Waals surface area contributed by atoms with Crippen LogP contribution in [0.15, 0.2) is 24.3 Å². The van der Waals surface area contributed by atoms with Crippen molar-refractivity contribution in [2.45, 2.75) is 37.8 Å². The van der Waals surface area contributed by atoms with Crippen LogP contribution in [0.3, 0.4) is 0 Å². The van der Waals surface area contributed by atoms with Crippen LogP contribution in [-0.2, 0) is 19.9 Å². The SMILES string of the molecule is CC(NC(=O)CC1CCCO1)(C(N)=O)c1cccc(Cl)c1. The summed E-state index contributed by atoms with van der Waals surface area (Å²) in [6, 6.07) is 6.74. The summed E-state index contributed by atoms with van der Waals surface area (Å²) >= 11 is 5.94. The minimum absolute atomic E-state index is 0.0820. The Labute approximate surface area is 128 Å². The number of primary amides is 1. The molecule has 6 heteroatoms. The third kappa shape index (κ3) is 3.74. The Morgan fingerprint density at radius 3 is 2.86 bits per heavy atom. The van der Waals surface area contributed by atoms with E-state index in [1.807, 2.05) is 0 Å². The maximum Gasteiger partial charge on any atom is 0.247 e. The molecule has 0 bridgehead atoms. The van der Waals surface area contributed by atoms with Gasteiger partial charge in [-0.3, -0.25) is 9.59 Å². The zero-order valence-electron chi connectivity index (χ0n) is 11.9. The number of benzene rings is 1. The maximum atomic E-state index is 12.1. The minimum Gasteiger partial charge on any atom is -0.378 e. The quantitative estimate of drug-likeness (QED) is 0.869. The van der Waals surface area contributed by atoms with Crippen molar-refractivity contribution in [3.05, 3.63) is 34.9 Å². The highest BCUT2D eigenvalue weighted by atomic mass is 35.5. The lowest BCUT2D eigenvalue weighted by Crippen LogP contribution is -2.53. The molecule has 5 nitrogen and oxygen atoms in total. The van der Waals surface area contributed by atoms with Gasteiger partial charge in [-0.1, -0.05) is 23.7 Å². The van der Waals surface area contributed by atoms with E-state index in [1.54, 1.807) is 31.2 Å². The average Bonchev–Trinajstić information content (AvgIpc) is 2.91. The Bertz CT molecular complexity index is 543. The normalized spacial score (nSPS) is 20.8. The van der Waals surface area contributed by atoms with Crippen LogP contribution in [0.4, 0.5) is 0 Å². The molecule has 1 aliphatic heterocycles. The third-order valence-electron chi connectivity index (χ3n) is 3.72. The molecule has 0 aliphatic carbocycles. The molecule has 0 radical (unpaired) electrons. The summed E-state index contributed by atoms with van der Waals surface area (Å²) in [4.78, 5) is 24.0. The van der Waals surface area contributed by atoms with E-state index in [4.69, 9.17) is 22.1 Å². The second kappa shape index (κ2) is 6.45. The molecule has 1 heterocycles. The highest BCUT2D eigenvalue weighted by Crippen LogP contribution is 2.24. The zero-order chi connectivity index (χ0) is 15.5. The molecular formula is C15H19ClN2O3. The van der Waals surface area contributed by atoms with Crippen LogP contribution in [0.5, 0.6) is 0 Å². The van der Waals surface area contributed by atoms with E-state index in [-0.39, 0.29) is 18.4 Å². The first kappa shape index (κ1) is 15.8. The fraction of sp³-hybridized carbons (Fsp3) is 0.467. The van der Waals surface area contributed by atoms with Crippen molar-refractivity contribution in [2.75, 3.05) is 6.61 Å². The van der Waals surface area contributed by atoms with E-state index >= 15 is 0 Å². The molecule has 1 aromatic carbocycles. The second-order valence-corrected chi connectivity index (χ2v) is 5.82. The summed E-state index contributed by atoms with van der Waals surface area (Å²) in [6.07, 6.45) is 1.96. The van der Waals surface area contributed by atoms with Crippen molar-refractivity contribution in [1.82, 2.24) is 5.32 Å². The molecule has 2 unspecified atom stereocenters. The number of carbonyl (C=O) groups is 2. The van der Waals surface area contributed by atoms with Crippen LogP contribution in [-0.4, -0.2) is 24.5 Å². The molecule has 0 aromatic heterocycles. The number of hydrogen-bond acceptors (Lipinski definition) is 3. The van der Waals surface area contributed by atoms with E-state index in [0.717, 1.165) is 12.8 Å². The molecule has 114 valence electrons. The standard InChI is InChI=1S/C15H19ClN2O3/c1-15(14(17)20,10-4-2-5-11(16)8-10)18-13(19)9-12-6-3-7-21-12/h2,4-5,8,12H,3,6-7,9H2,1H3,(H2,17,20)(H,18,19). The van der Waals surface area contributed by atoms with Gasteiger partial charge in [-0.05, 0) is 37.5 Å². The van der Waals surface area contributed by atoms with Crippen molar-refractivity contribution in [2.24, 2.45) is 5.73 Å². The van der Waals surface area contributed by atoms with Crippen molar-refractivity contribution < 1.29 is 14.3 Å². The Morgan fingerprint density at radius 1 is 1.52 bits per heavy atom. The summed E-state index contributed by atoms with van der Waals surface area (Å²) in [6.45, 7) is 2.26. The van der Waals surface area contributed by atoms with Gasteiger partial charge in [-0.2, -0.15) is 0 Å². The smallest absolute Gasteiger partial charge is 0.247 e. The van der Waals surface area contributed by atoms with Crippen molar-refractivity contribution in [3.63, 3.8) is 0 Å². The van der Waals surface area contributed by atoms with Crippen LogP contribution < -0.4 is 11.1 Å². The number of carbonyl (C=O) groups excluding carboxylic acids is 2. The lowest BCUT2D eigenvalue weighted by Gasteiger charge is -2.28. The van der Waals surface area contributed by atoms with Gasteiger partial charge in [-0.15, -0.1) is 0 Å². The van der Waals surface area contributed by atoms with Gasteiger partial charge in [0.15, 0.2) is 0 Å². The summed E-state index contributed by atoms with van der Waals surface area (Å²) in [5.74, 6) is -0.895. The molecule has 0 spiro atoms. The number of halogens is 1. The van der Waals surface area contributed by atoms with Crippen molar-refractivity contribution in [1.29, 1.82) is 0 Å². The number of ether oxygens (including phenoxy) is 1. The molecular weight excluding hydrogens is 292 g/mol. The van der Waals surface area contributed by atoms with Crippen molar-refractivity contribution in [3.8, 4) is 0 Å². The Hall–Kier alpha value is -1.59. The van der Waals surface area contributed by atoms with Crippen molar-refractivity contribution >= 4 is 23.4 Å². The van der Waals surface area contributed by atoms with E-state index < -0.39 is 11.4 Å². The summed E-state index contributed by atoms with van der Waals surface area (Å²) in [7, 11) is 0. The van der Waals surface area contributed by atoms with Gasteiger partial charge in [0, 0.05) is 11.6 Å². The first-order valence-electron chi connectivity index (χ1n) is 6.90. The monoisotopic (exact) mass is 310 g/mol. The minimum atomic E-state index is -1.29. The number of nitrogens with one attached hydrogen (secondary N) is 1. The van der Waals surface area contributed by atoms with E-state index in [2.05, 4.69) is 5.32 Å². The Morgan fingerprint density at radius 2 is 2.29 bits per heavy atom. The van der Waals surface area contributed by atoms with Crippen LogP contribution in [0.2, 0.25) is 5.02 Å². The average molecular weight is 311 g/mol. The van der Waals surface area contributed by atoms with Gasteiger partial charge < -0.3 is 15.8 Å². The summed E-state index contributed by atoms with van der Waals surface area (Å²) in [5.41, 5.74) is 4.75. The molecule has 0 saturated carbocycles. The molecule has 1 fully saturated rings. The largest absolute Gasteiger partial charge is 0.378 e. The number of rotatable bonds is 5. The Balaban J connectivity index is 2.14. The fourth-order valence-electron chi connectivity index (χ4n) is 2.42. The molecule has 3 N–H and O–H groups in total. The lowest BCUT2D eigenvalue weighted by molar-refractivity contribution is -0.132. The van der Waals surface area contributed by atoms with Gasteiger partial charge >= 0.3 is 0 Å². The van der Waals surface area contributed by atoms with Gasteiger partial charge in [0.2, 0.25) is 11.8 Å². The predicted molar refractivity (Wildman–Crippen MR) is 79.7 cm³/mol. The number of nitrogens with two attached hydrogens (primary N) is 1. The predicted octanol–water partition coefficient (Wildman–Crippen LogP) is 1.73. The van der Waals surface area contributed by atoms with Gasteiger partial charge in [0.05, 0.1) is 12.5 Å². The summed E-state index contributed by atoms with van der Waals surface area (Å²) in [5, 5.41) is 3.19. The molecule has 2 rings (SSSR count). The van der Waals surface area contributed by atoms with E-state index in [9.17, 15) is 9.59 Å². The van der Waals surface area contributed by atoms with Crippen LogP contribution in [0, 0.1) is 0 Å². The molecule has 1 aliphatic rings. The topological polar surface area (TPSA) is 81.4 Å². The highest BCUT2D eigenvalue weighted by Gasteiger charge is 2.35. The zero-order valence-corrected chi connectivity index (χ0v) is 12.7. The fourth-order valence-corrected chi connectivity index (χ4v) is 2.61. The molecule has 2 amide bonds. The molecule has 1 aromatic rings.